The average molecular weight is 706 g/mol. The topological polar surface area (TPSA) is 29.5 Å². The van der Waals surface area contributed by atoms with Crippen LogP contribution >= 0.6 is 0 Å². The van der Waals surface area contributed by atoms with Crippen LogP contribution in [0.4, 0.5) is 17.1 Å². The first kappa shape index (κ1) is 32.3. The number of hydrogen-bond donors (Lipinski definition) is 0. The minimum Gasteiger partial charge on any atom is -0.456 e. The van der Waals surface area contributed by atoms with E-state index in [0.717, 1.165) is 83.2 Å². The Bertz CT molecular complexity index is 3020. The molecule has 0 bridgehead atoms. The van der Waals surface area contributed by atoms with Gasteiger partial charge >= 0.3 is 0 Å². The molecular weight excluding hydrogens is 671 g/mol. The van der Waals surface area contributed by atoms with Gasteiger partial charge < -0.3 is 13.7 Å². The summed E-state index contributed by atoms with van der Waals surface area (Å²) in [6.45, 7) is 0. The largest absolute Gasteiger partial charge is 0.456 e. The van der Waals surface area contributed by atoms with Gasteiger partial charge in [-0.3, -0.25) is 0 Å². The zero-order chi connectivity index (χ0) is 36.6. The molecule has 2 heterocycles. The predicted octanol–water partition coefficient (Wildman–Crippen LogP) is 15.0. The van der Waals surface area contributed by atoms with Crippen molar-refractivity contribution in [3.05, 3.63) is 211 Å². The molecule has 0 amide bonds. The number of para-hydroxylation sites is 4. The number of nitrogens with zero attached hydrogens (tertiary/aromatic N) is 1. The number of rotatable bonds is 8. The summed E-state index contributed by atoms with van der Waals surface area (Å²) in [4.78, 5) is 2.33. The average Bonchev–Trinajstić information content (AvgIpc) is 3.82. The van der Waals surface area contributed by atoms with Crippen molar-refractivity contribution in [3.8, 4) is 22.3 Å². The second kappa shape index (κ2) is 13.9. The van der Waals surface area contributed by atoms with E-state index in [-0.39, 0.29) is 0 Å². The van der Waals surface area contributed by atoms with Crippen LogP contribution in [0.3, 0.4) is 0 Å². The Balaban J connectivity index is 1.01. The maximum atomic E-state index is 6.40. The summed E-state index contributed by atoms with van der Waals surface area (Å²) in [6, 6.07) is 65.9. The fourth-order valence-corrected chi connectivity index (χ4v) is 7.63. The molecule has 0 aliphatic rings. The first-order valence-corrected chi connectivity index (χ1v) is 18.6. The zero-order valence-electron chi connectivity index (χ0n) is 30.0. The van der Waals surface area contributed by atoms with E-state index in [0.29, 0.717) is 0 Å². The highest BCUT2D eigenvalue weighted by Crippen LogP contribution is 2.41. The van der Waals surface area contributed by atoms with E-state index in [1.807, 2.05) is 30.3 Å². The third-order valence-corrected chi connectivity index (χ3v) is 10.3. The quantitative estimate of drug-likeness (QED) is 0.147. The standard InChI is InChI=1S/C52H35NO2/c1-2-14-37(15-3-1)38-26-30-41(31-27-38)53(42-32-28-39(29-33-42)43-20-12-21-47-45-19-8-11-24-50(45)55-52(43)47)48-22-9-6-17-40(48)16-5-4-13-36-25-34-46-44-18-7-10-23-49(44)54-51(46)35-36/h1-35H/b13-4-,16-5+. The first-order valence-electron chi connectivity index (χ1n) is 18.6. The van der Waals surface area contributed by atoms with Crippen LogP contribution in [0.15, 0.2) is 209 Å². The van der Waals surface area contributed by atoms with Crippen molar-refractivity contribution in [2.45, 2.75) is 0 Å². The Morgan fingerprint density at radius 1 is 0.382 bits per heavy atom. The highest BCUT2D eigenvalue weighted by molar-refractivity contribution is 6.09. The number of allylic oxidation sites excluding steroid dienone is 2. The van der Waals surface area contributed by atoms with Crippen LogP contribution in [0.25, 0.3) is 78.3 Å². The molecule has 0 fully saturated rings. The molecule has 0 aliphatic carbocycles. The van der Waals surface area contributed by atoms with E-state index < -0.39 is 0 Å². The highest BCUT2D eigenvalue weighted by atomic mass is 16.3. The van der Waals surface area contributed by atoms with Crippen molar-refractivity contribution in [2.24, 2.45) is 0 Å². The van der Waals surface area contributed by atoms with Crippen molar-refractivity contribution >= 4 is 73.1 Å². The smallest absolute Gasteiger partial charge is 0.143 e. The fraction of sp³-hybridized carbons (Fsp3) is 0. The maximum absolute atomic E-state index is 6.40. The monoisotopic (exact) mass is 705 g/mol. The minimum absolute atomic E-state index is 0.895. The molecular formula is C52H35NO2. The second-order valence-electron chi connectivity index (χ2n) is 13.7. The van der Waals surface area contributed by atoms with Crippen LogP contribution in [0, 0.1) is 0 Å². The van der Waals surface area contributed by atoms with Crippen molar-refractivity contribution in [2.75, 3.05) is 4.90 Å². The van der Waals surface area contributed by atoms with Gasteiger partial charge in [-0.25, -0.2) is 0 Å². The molecule has 8 aromatic carbocycles. The summed E-state index contributed by atoms with van der Waals surface area (Å²) in [6.07, 6.45) is 8.49. The Morgan fingerprint density at radius 3 is 1.75 bits per heavy atom. The molecule has 0 N–H and O–H groups in total. The number of hydrogen-bond acceptors (Lipinski definition) is 3. The van der Waals surface area contributed by atoms with Gasteiger partial charge in [-0.2, -0.15) is 0 Å². The summed E-state index contributed by atoms with van der Waals surface area (Å²) in [5, 5.41) is 4.53. The molecule has 55 heavy (non-hydrogen) atoms. The van der Waals surface area contributed by atoms with Crippen LogP contribution in [0.5, 0.6) is 0 Å². The lowest BCUT2D eigenvalue weighted by molar-refractivity contribution is 0.668. The van der Waals surface area contributed by atoms with Crippen LogP contribution in [0.2, 0.25) is 0 Å². The molecule has 10 rings (SSSR count). The normalized spacial score (nSPS) is 11.9. The van der Waals surface area contributed by atoms with Gasteiger partial charge in [-0.1, -0.05) is 158 Å². The highest BCUT2D eigenvalue weighted by Gasteiger charge is 2.17. The molecule has 0 saturated carbocycles. The summed E-state index contributed by atoms with van der Waals surface area (Å²) in [5.41, 5.74) is 13.6. The molecule has 3 nitrogen and oxygen atoms in total. The van der Waals surface area contributed by atoms with E-state index in [1.54, 1.807) is 0 Å². The van der Waals surface area contributed by atoms with Gasteiger partial charge in [0, 0.05) is 38.5 Å². The minimum atomic E-state index is 0.895. The van der Waals surface area contributed by atoms with Crippen LogP contribution in [-0.2, 0) is 0 Å². The molecule has 260 valence electrons. The van der Waals surface area contributed by atoms with E-state index in [1.165, 1.54) is 11.1 Å². The lowest BCUT2D eigenvalue weighted by atomic mass is 10.0. The molecule has 2 aromatic heterocycles. The Labute approximate surface area is 319 Å². The summed E-state index contributed by atoms with van der Waals surface area (Å²) in [5.74, 6) is 0. The Hall–Kier alpha value is -7.36. The van der Waals surface area contributed by atoms with E-state index in [4.69, 9.17) is 8.83 Å². The molecule has 0 radical (unpaired) electrons. The third-order valence-electron chi connectivity index (χ3n) is 10.3. The van der Waals surface area contributed by atoms with E-state index >= 15 is 0 Å². The summed E-state index contributed by atoms with van der Waals surface area (Å²) in [7, 11) is 0. The molecule has 0 unspecified atom stereocenters. The van der Waals surface area contributed by atoms with Crippen molar-refractivity contribution in [1.82, 2.24) is 0 Å². The molecule has 0 atom stereocenters. The first-order chi connectivity index (χ1) is 27.3. The maximum Gasteiger partial charge on any atom is 0.143 e. The molecule has 0 aliphatic heterocycles. The van der Waals surface area contributed by atoms with Gasteiger partial charge in [0.25, 0.3) is 0 Å². The van der Waals surface area contributed by atoms with Crippen molar-refractivity contribution in [1.29, 1.82) is 0 Å². The van der Waals surface area contributed by atoms with Crippen molar-refractivity contribution in [3.63, 3.8) is 0 Å². The molecule has 10 aromatic rings. The Morgan fingerprint density at radius 2 is 0.964 bits per heavy atom. The lowest BCUT2D eigenvalue weighted by Gasteiger charge is -2.27. The second-order valence-corrected chi connectivity index (χ2v) is 13.7. The lowest BCUT2D eigenvalue weighted by Crippen LogP contribution is -2.11. The predicted molar refractivity (Wildman–Crippen MR) is 231 cm³/mol. The number of benzene rings is 8. The number of furan rings is 2. The fourth-order valence-electron chi connectivity index (χ4n) is 7.63. The molecule has 0 spiro atoms. The van der Waals surface area contributed by atoms with Crippen molar-refractivity contribution < 1.29 is 8.83 Å². The van der Waals surface area contributed by atoms with E-state index in [9.17, 15) is 0 Å². The molecule has 0 saturated heterocycles. The third kappa shape index (κ3) is 6.08. The summed E-state index contributed by atoms with van der Waals surface area (Å²) < 4.78 is 12.5. The summed E-state index contributed by atoms with van der Waals surface area (Å²) >= 11 is 0. The van der Waals surface area contributed by atoms with Gasteiger partial charge in [0.05, 0.1) is 5.69 Å². The van der Waals surface area contributed by atoms with Crippen LogP contribution in [-0.4, -0.2) is 0 Å². The van der Waals surface area contributed by atoms with Gasteiger partial charge in [0.2, 0.25) is 0 Å². The van der Waals surface area contributed by atoms with Gasteiger partial charge in [-0.05, 0) is 82.4 Å². The van der Waals surface area contributed by atoms with Crippen LogP contribution < -0.4 is 4.90 Å². The SMILES string of the molecule is C(=C/c1ccc2c(c1)oc1ccccc12)/C=C/c1ccccc1N(c1ccc(-c2ccccc2)cc1)c1ccc(-c2cccc3c2oc2ccccc23)cc1. The molecule has 3 heteroatoms. The number of anilines is 3. The van der Waals surface area contributed by atoms with Gasteiger partial charge in [0.1, 0.15) is 22.3 Å². The number of fused-ring (bicyclic) bond motifs is 6. The van der Waals surface area contributed by atoms with Gasteiger partial charge in [0.15, 0.2) is 0 Å². The van der Waals surface area contributed by atoms with E-state index in [2.05, 4.69) is 187 Å². The van der Waals surface area contributed by atoms with Gasteiger partial charge in [-0.15, -0.1) is 0 Å². The zero-order valence-corrected chi connectivity index (χ0v) is 30.0. The Kier molecular flexibility index (Phi) is 8.16. The van der Waals surface area contributed by atoms with Crippen LogP contribution in [0.1, 0.15) is 11.1 Å².